The highest BCUT2D eigenvalue weighted by molar-refractivity contribution is 6.10. The molecule has 126 valence electrons. The average molecular weight is 332 g/mol. The van der Waals surface area contributed by atoms with E-state index in [4.69, 9.17) is 14.9 Å². The Morgan fingerprint density at radius 2 is 1.96 bits per heavy atom. The van der Waals surface area contributed by atoms with Crippen molar-refractivity contribution in [2.45, 2.75) is 20.8 Å². The Labute approximate surface area is 137 Å². The van der Waals surface area contributed by atoms with Gasteiger partial charge >= 0.3 is 5.97 Å². The smallest absolute Gasteiger partial charge is 0.358 e. The lowest BCUT2D eigenvalue weighted by Crippen LogP contribution is -2.16. The maximum atomic E-state index is 11.7. The van der Waals surface area contributed by atoms with Gasteiger partial charge in [-0.25, -0.2) is 4.79 Å². The van der Waals surface area contributed by atoms with Crippen LogP contribution in [0.15, 0.2) is 16.5 Å². The molecule has 24 heavy (non-hydrogen) atoms. The number of nitrogens with two attached hydrogens (primary N) is 1. The Morgan fingerprint density at radius 1 is 1.25 bits per heavy atom. The van der Waals surface area contributed by atoms with Gasteiger partial charge < -0.3 is 20.2 Å². The zero-order valence-corrected chi connectivity index (χ0v) is 13.4. The van der Waals surface area contributed by atoms with E-state index in [2.05, 4.69) is 15.5 Å². The number of carbonyl (C=O) groups is 3. The number of ketones is 1. The number of nitrogens with one attached hydrogen (secondary N) is 1. The van der Waals surface area contributed by atoms with E-state index < -0.39 is 11.9 Å². The van der Waals surface area contributed by atoms with Crippen molar-refractivity contribution in [1.29, 1.82) is 0 Å². The number of primary amides is 1. The zero-order valence-electron chi connectivity index (χ0n) is 13.4. The largest absolute Gasteiger partial charge is 0.461 e. The summed E-state index contributed by atoms with van der Waals surface area (Å²) in [6.45, 7) is 4.76. The highest BCUT2D eigenvalue weighted by Crippen LogP contribution is 2.29. The van der Waals surface area contributed by atoms with E-state index in [0.717, 1.165) is 0 Å². The van der Waals surface area contributed by atoms with Crippen LogP contribution < -0.4 is 11.1 Å². The molecule has 3 N–H and O–H groups in total. The Kier molecular flexibility index (Phi) is 4.93. The summed E-state index contributed by atoms with van der Waals surface area (Å²) < 4.78 is 10.2. The van der Waals surface area contributed by atoms with E-state index >= 15 is 0 Å². The molecule has 0 fully saturated rings. The summed E-state index contributed by atoms with van der Waals surface area (Å²) in [5, 5.41) is 10.2. The Hall–Kier alpha value is -3.23. The predicted molar refractivity (Wildman–Crippen MR) is 83.2 cm³/mol. The van der Waals surface area contributed by atoms with E-state index in [0.29, 0.717) is 0 Å². The van der Waals surface area contributed by atoms with Crippen molar-refractivity contribution >= 4 is 29.4 Å². The SMILES string of the molecule is CCOC(=O)c1ccc(Nc2oc(C)c(C(C)=O)c2C(N)=O)nn1. The first kappa shape index (κ1) is 17.1. The van der Waals surface area contributed by atoms with Crippen LogP contribution in [0.1, 0.15) is 50.8 Å². The molecule has 0 radical (unpaired) electrons. The third-order valence-electron chi connectivity index (χ3n) is 3.07. The highest BCUT2D eigenvalue weighted by atomic mass is 16.5. The van der Waals surface area contributed by atoms with Crippen molar-refractivity contribution < 1.29 is 23.5 Å². The molecule has 2 rings (SSSR count). The number of rotatable bonds is 6. The van der Waals surface area contributed by atoms with E-state index in [1.807, 2.05) is 0 Å². The number of Topliss-reactive ketones (excluding diaryl/α,β-unsaturated/α-hetero) is 1. The molecular formula is C15H16N4O5. The van der Waals surface area contributed by atoms with Gasteiger partial charge in [0.25, 0.3) is 5.91 Å². The summed E-state index contributed by atoms with van der Waals surface area (Å²) >= 11 is 0. The average Bonchev–Trinajstić information content (AvgIpc) is 2.84. The zero-order chi connectivity index (χ0) is 17.9. The first-order chi connectivity index (χ1) is 11.3. The van der Waals surface area contributed by atoms with Gasteiger partial charge in [-0.3, -0.25) is 9.59 Å². The minimum atomic E-state index is -0.810. The molecule has 0 atom stereocenters. The normalized spacial score (nSPS) is 10.3. The number of ether oxygens (including phenoxy) is 1. The molecule has 2 aromatic rings. The van der Waals surface area contributed by atoms with Gasteiger partial charge in [0.2, 0.25) is 5.88 Å². The molecule has 2 heterocycles. The lowest BCUT2D eigenvalue weighted by atomic mass is 10.1. The number of amides is 1. The molecule has 0 aromatic carbocycles. The molecule has 0 spiro atoms. The maximum Gasteiger partial charge on any atom is 0.358 e. The van der Waals surface area contributed by atoms with Crippen LogP contribution >= 0.6 is 0 Å². The Morgan fingerprint density at radius 3 is 2.46 bits per heavy atom. The molecule has 0 unspecified atom stereocenters. The van der Waals surface area contributed by atoms with Crippen LogP contribution in [0.5, 0.6) is 0 Å². The second-order valence-electron chi connectivity index (χ2n) is 4.81. The molecule has 9 nitrogen and oxygen atoms in total. The number of aryl methyl sites for hydroxylation is 1. The first-order valence-corrected chi connectivity index (χ1v) is 7.07. The molecule has 9 heteroatoms. The first-order valence-electron chi connectivity index (χ1n) is 7.07. The lowest BCUT2D eigenvalue weighted by molar-refractivity contribution is 0.0518. The van der Waals surface area contributed by atoms with Crippen LogP contribution in [0.3, 0.4) is 0 Å². The minimum Gasteiger partial charge on any atom is -0.461 e. The number of nitrogens with zero attached hydrogens (tertiary/aromatic N) is 2. The summed E-state index contributed by atoms with van der Waals surface area (Å²) in [6, 6.07) is 2.86. The predicted octanol–water partition coefficient (Wildman–Crippen LogP) is 1.60. The third kappa shape index (κ3) is 3.40. The van der Waals surface area contributed by atoms with E-state index in [1.165, 1.54) is 19.1 Å². The number of anilines is 2. The van der Waals surface area contributed by atoms with Crippen molar-refractivity contribution in [1.82, 2.24) is 10.2 Å². The fourth-order valence-electron chi connectivity index (χ4n) is 2.12. The van der Waals surface area contributed by atoms with Crippen LogP contribution in [0.25, 0.3) is 0 Å². The van der Waals surface area contributed by atoms with Gasteiger partial charge in [-0.1, -0.05) is 0 Å². The van der Waals surface area contributed by atoms with Crippen molar-refractivity contribution in [3.63, 3.8) is 0 Å². The highest BCUT2D eigenvalue weighted by Gasteiger charge is 2.25. The van der Waals surface area contributed by atoms with Crippen LogP contribution in [0.4, 0.5) is 11.7 Å². The number of carbonyl (C=O) groups excluding carboxylic acids is 3. The fourth-order valence-corrected chi connectivity index (χ4v) is 2.12. The van der Waals surface area contributed by atoms with Crippen LogP contribution in [0.2, 0.25) is 0 Å². The molecule has 2 aromatic heterocycles. The Bertz CT molecular complexity index is 795. The standard InChI is InChI=1S/C15H16N4O5/c1-4-23-15(22)9-5-6-10(19-18-9)17-14-12(13(16)21)11(7(2)20)8(3)24-14/h5-6H,4H2,1-3H3,(H2,16,21)(H,17,19). The number of furan rings is 1. The van der Waals surface area contributed by atoms with Gasteiger partial charge in [-0.15, -0.1) is 10.2 Å². The quantitative estimate of drug-likeness (QED) is 0.601. The van der Waals surface area contributed by atoms with Crippen molar-refractivity contribution in [2.24, 2.45) is 5.73 Å². The molecular weight excluding hydrogens is 316 g/mol. The lowest BCUT2D eigenvalue weighted by Gasteiger charge is -2.04. The molecule has 0 aliphatic rings. The molecule has 0 saturated heterocycles. The summed E-state index contributed by atoms with van der Waals surface area (Å²) in [5.74, 6) is -1.30. The van der Waals surface area contributed by atoms with Crippen LogP contribution in [-0.4, -0.2) is 34.5 Å². The van der Waals surface area contributed by atoms with E-state index in [1.54, 1.807) is 13.8 Å². The van der Waals surface area contributed by atoms with Gasteiger partial charge in [0.1, 0.15) is 11.3 Å². The summed E-state index contributed by atoms with van der Waals surface area (Å²) in [5.41, 5.74) is 5.42. The second kappa shape index (κ2) is 6.90. The van der Waals surface area contributed by atoms with Crippen LogP contribution in [0, 0.1) is 6.92 Å². The number of esters is 1. The van der Waals surface area contributed by atoms with E-state index in [-0.39, 0.29) is 46.7 Å². The molecule has 0 bridgehead atoms. The maximum absolute atomic E-state index is 11.7. The second-order valence-corrected chi connectivity index (χ2v) is 4.81. The molecule has 0 aliphatic heterocycles. The fraction of sp³-hybridized carbons (Fsp3) is 0.267. The Balaban J connectivity index is 2.32. The number of aromatic nitrogens is 2. The van der Waals surface area contributed by atoms with Gasteiger partial charge in [-0.05, 0) is 32.9 Å². The molecule has 1 amide bonds. The summed E-state index contributed by atoms with van der Waals surface area (Å²) in [6.07, 6.45) is 0. The van der Waals surface area contributed by atoms with Crippen molar-refractivity contribution in [3.05, 3.63) is 34.7 Å². The topological polar surface area (TPSA) is 137 Å². The van der Waals surface area contributed by atoms with Crippen molar-refractivity contribution in [2.75, 3.05) is 11.9 Å². The monoisotopic (exact) mass is 332 g/mol. The molecule has 0 aliphatic carbocycles. The van der Waals surface area contributed by atoms with Crippen molar-refractivity contribution in [3.8, 4) is 0 Å². The van der Waals surface area contributed by atoms with Gasteiger partial charge in [-0.2, -0.15) is 0 Å². The number of hydrogen-bond acceptors (Lipinski definition) is 8. The summed E-state index contributed by atoms with van der Waals surface area (Å²) in [4.78, 5) is 34.8. The summed E-state index contributed by atoms with van der Waals surface area (Å²) in [7, 11) is 0. The third-order valence-corrected chi connectivity index (χ3v) is 3.07. The number of hydrogen-bond donors (Lipinski definition) is 2. The minimum absolute atomic E-state index is 0.0108. The van der Waals surface area contributed by atoms with E-state index in [9.17, 15) is 14.4 Å². The van der Waals surface area contributed by atoms with Gasteiger partial charge in [0.05, 0.1) is 12.2 Å². The van der Waals surface area contributed by atoms with Gasteiger partial charge in [0.15, 0.2) is 17.3 Å². The van der Waals surface area contributed by atoms with Gasteiger partial charge in [0, 0.05) is 0 Å². The van der Waals surface area contributed by atoms with Crippen LogP contribution in [-0.2, 0) is 4.74 Å². The molecule has 0 saturated carbocycles.